The number of rotatable bonds is 7. The van der Waals surface area contributed by atoms with E-state index in [1.54, 1.807) is 7.05 Å². The maximum absolute atomic E-state index is 11.8. The monoisotopic (exact) mass is 322 g/mol. The smallest absolute Gasteiger partial charge is 0.230 e. The Labute approximate surface area is 132 Å². The van der Waals surface area contributed by atoms with Gasteiger partial charge < -0.3 is 10.6 Å². The number of anilines is 1. The third-order valence-corrected chi connectivity index (χ3v) is 5.00. The third kappa shape index (κ3) is 5.02. The number of carbonyl (C=O) groups excluding carboxylic acids is 1. The molecule has 1 aromatic carbocycles. The van der Waals surface area contributed by atoms with Crippen LogP contribution in [0.1, 0.15) is 18.4 Å². The summed E-state index contributed by atoms with van der Waals surface area (Å²) < 4.78 is 0.797. The van der Waals surface area contributed by atoms with Gasteiger partial charge in [0.2, 0.25) is 11.0 Å². The van der Waals surface area contributed by atoms with Crippen molar-refractivity contribution in [1.29, 1.82) is 0 Å². The van der Waals surface area contributed by atoms with Gasteiger partial charge in [-0.3, -0.25) is 4.79 Å². The first-order valence-electron chi connectivity index (χ1n) is 6.64. The molecule has 2 aromatic rings. The lowest BCUT2D eigenvalue weighted by Gasteiger charge is -2.12. The second kappa shape index (κ2) is 7.99. The summed E-state index contributed by atoms with van der Waals surface area (Å²) >= 11 is 2.85. The summed E-state index contributed by atoms with van der Waals surface area (Å²) in [5.41, 5.74) is 1.23. The molecule has 1 aromatic heterocycles. The fraction of sp³-hybridized carbons (Fsp3) is 0.357. The van der Waals surface area contributed by atoms with Crippen molar-refractivity contribution in [3.63, 3.8) is 0 Å². The Morgan fingerprint density at radius 1 is 1.33 bits per heavy atom. The summed E-state index contributed by atoms with van der Waals surface area (Å²) in [5, 5.41) is 14.6. The molecule has 0 saturated heterocycles. The van der Waals surface area contributed by atoms with Crippen LogP contribution >= 0.6 is 23.1 Å². The van der Waals surface area contributed by atoms with Gasteiger partial charge in [-0.05, 0) is 11.5 Å². The Morgan fingerprint density at radius 2 is 2.10 bits per heavy atom. The van der Waals surface area contributed by atoms with Crippen LogP contribution < -0.4 is 10.6 Å². The van der Waals surface area contributed by atoms with E-state index in [1.807, 2.05) is 18.2 Å². The van der Waals surface area contributed by atoms with E-state index in [4.69, 9.17) is 0 Å². The zero-order valence-corrected chi connectivity index (χ0v) is 13.6. The molecule has 1 amide bonds. The Bertz CT molecular complexity index is 573. The number of aromatic nitrogens is 2. The molecule has 0 unspecified atom stereocenters. The van der Waals surface area contributed by atoms with Gasteiger partial charge in [0.15, 0.2) is 4.34 Å². The van der Waals surface area contributed by atoms with Crippen molar-refractivity contribution in [2.45, 2.75) is 17.2 Å². The van der Waals surface area contributed by atoms with Gasteiger partial charge in [-0.1, -0.05) is 60.4 Å². The molecule has 0 bridgehead atoms. The van der Waals surface area contributed by atoms with Crippen molar-refractivity contribution in [3.8, 4) is 0 Å². The van der Waals surface area contributed by atoms with Crippen molar-refractivity contribution < 1.29 is 4.79 Å². The molecule has 0 aliphatic carbocycles. The summed E-state index contributed by atoms with van der Waals surface area (Å²) in [6.45, 7) is 2.74. The molecule has 0 spiro atoms. The molecule has 0 fully saturated rings. The van der Waals surface area contributed by atoms with Crippen LogP contribution in [0.15, 0.2) is 34.7 Å². The molecule has 0 aliphatic rings. The Kier molecular flexibility index (Phi) is 6.01. The average Bonchev–Trinajstić information content (AvgIpc) is 2.99. The van der Waals surface area contributed by atoms with Crippen molar-refractivity contribution in [1.82, 2.24) is 15.5 Å². The molecule has 2 N–H and O–H groups in total. The van der Waals surface area contributed by atoms with Gasteiger partial charge in [-0.2, -0.15) is 0 Å². The van der Waals surface area contributed by atoms with Crippen LogP contribution in [0.5, 0.6) is 0 Å². The number of thioether (sulfide) groups is 1. The first-order chi connectivity index (χ1) is 10.2. The quantitative estimate of drug-likeness (QED) is 0.767. The largest absolute Gasteiger partial charge is 0.363 e. The third-order valence-electron chi connectivity index (χ3n) is 2.92. The highest BCUT2D eigenvalue weighted by Crippen LogP contribution is 2.24. The summed E-state index contributed by atoms with van der Waals surface area (Å²) in [6, 6.07) is 10.2. The number of amides is 1. The van der Waals surface area contributed by atoms with E-state index in [9.17, 15) is 4.79 Å². The van der Waals surface area contributed by atoms with Gasteiger partial charge in [0.25, 0.3) is 0 Å². The highest BCUT2D eigenvalue weighted by molar-refractivity contribution is 8.01. The highest BCUT2D eigenvalue weighted by Gasteiger charge is 2.09. The standard InChI is InChI=1S/C14H18N4OS2/c1-10(11-6-4-3-5-7-11)8-16-12(19)9-20-14-18-17-13(15-2)21-14/h3-7,10H,8-9H2,1-2H3,(H,15,17)(H,16,19)/t10-/m1/s1. The van der Waals surface area contributed by atoms with Gasteiger partial charge >= 0.3 is 0 Å². The van der Waals surface area contributed by atoms with E-state index >= 15 is 0 Å². The Morgan fingerprint density at radius 3 is 2.76 bits per heavy atom. The second-order valence-electron chi connectivity index (χ2n) is 4.53. The van der Waals surface area contributed by atoms with E-state index in [-0.39, 0.29) is 5.91 Å². The molecular formula is C14H18N4OS2. The van der Waals surface area contributed by atoms with Crippen LogP contribution in [-0.4, -0.2) is 35.4 Å². The van der Waals surface area contributed by atoms with Gasteiger partial charge in [-0.25, -0.2) is 0 Å². The molecule has 0 saturated carbocycles. The van der Waals surface area contributed by atoms with Crippen LogP contribution in [0.25, 0.3) is 0 Å². The number of nitrogens with zero attached hydrogens (tertiary/aromatic N) is 2. The first-order valence-corrected chi connectivity index (χ1v) is 8.45. The van der Waals surface area contributed by atoms with Gasteiger partial charge in [0, 0.05) is 13.6 Å². The molecular weight excluding hydrogens is 304 g/mol. The predicted octanol–water partition coefficient (Wildman–Crippen LogP) is 2.59. The summed E-state index contributed by atoms with van der Waals surface area (Å²) in [4.78, 5) is 11.8. The molecule has 2 rings (SSSR count). The van der Waals surface area contributed by atoms with E-state index in [1.165, 1.54) is 28.7 Å². The van der Waals surface area contributed by atoms with Crippen molar-refractivity contribution in [2.24, 2.45) is 0 Å². The van der Waals surface area contributed by atoms with Crippen molar-refractivity contribution in [2.75, 3.05) is 24.7 Å². The average molecular weight is 322 g/mol. The SMILES string of the molecule is CNc1nnc(SCC(=O)NC[C@@H](C)c2ccccc2)s1. The molecule has 21 heavy (non-hydrogen) atoms. The molecule has 1 atom stereocenters. The maximum Gasteiger partial charge on any atom is 0.230 e. The van der Waals surface area contributed by atoms with E-state index in [0.717, 1.165) is 9.47 Å². The highest BCUT2D eigenvalue weighted by atomic mass is 32.2. The van der Waals surface area contributed by atoms with Crippen molar-refractivity contribution in [3.05, 3.63) is 35.9 Å². The fourth-order valence-corrected chi connectivity index (χ4v) is 3.25. The maximum atomic E-state index is 11.8. The second-order valence-corrected chi connectivity index (χ2v) is 6.73. The normalized spacial score (nSPS) is 11.9. The van der Waals surface area contributed by atoms with Crippen LogP contribution in [0, 0.1) is 0 Å². The van der Waals surface area contributed by atoms with E-state index < -0.39 is 0 Å². The Hall–Kier alpha value is -1.60. The first kappa shape index (κ1) is 15.8. The summed E-state index contributed by atoms with van der Waals surface area (Å²) in [6.07, 6.45) is 0. The van der Waals surface area contributed by atoms with Crippen LogP contribution in [-0.2, 0) is 4.79 Å². The summed E-state index contributed by atoms with van der Waals surface area (Å²) in [5.74, 6) is 0.682. The molecule has 5 nitrogen and oxygen atoms in total. The molecule has 0 aliphatic heterocycles. The molecule has 0 radical (unpaired) electrons. The van der Waals surface area contributed by atoms with Gasteiger partial charge in [-0.15, -0.1) is 10.2 Å². The molecule has 1 heterocycles. The minimum atomic E-state index is 0.0176. The number of nitrogens with one attached hydrogen (secondary N) is 2. The summed E-state index contributed by atoms with van der Waals surface area (Å²) in [7, 11) is 1.80. The Balaban J connectivity index is 1.72. The minimum Gasteiger partial charge on any atom is -0.363 e. The predicted molar refractivity (Wildman–Crippen MR) is 88.0 cm³/mol. The number of hydrogen-bond donors (Lipinski definition) is 2. The number of carbonyl (C=O) groups is 1. The van der Waals surface area contributed by atoms with Crippen LogP contribution in [0.2, 0.25) is 0 Å². The topological polar surface area (TPSA) is 66.9 Å². The van der Waals surface area contributed by atoms with Gasteiger partial charge in [0.05, 0.1) is 5.75 Å². The molecule has 112 valence electrons. The minimum absolute atomic E-state index is 0.0176. The van der Waals surface area contributed by atoms with Crippen LogP contribution in [0.3, 0.4) is 0 Å². The lowest BCUT2D eigenvalue weighted by molar-refractivity contribution is -0.118. The molecule has 7 heteroatoms. The van der Waals surface area contributed by atoms with Gasteiger partial charge in [0.1, 0.15) is 0 Å². The zero-order valence-electron chi connectivity index (χ0n) is 12.0. The van der Waals surface area contributed by atoms with Crippen molar-refractivity contribution >= 4 is 34.1 Å². The van der Waals surface area contributed by atoms with E-state index in [2.05, 4.69) is 39.9 Å². The lowest BCUT2D eigenvalue weighted by atomic mass is 10.0. The number of benzene rings is 1. The fourth-order valence-electron chi connectivity index (χ4n) is 1.71. The van der Waals surface area contributed by atoms with E-state index in [0.29, 0.717) is 18.2 Å². The van der Waals surface area contributed by atoms with Crippen LogP contribution in [0.4, 0.5) is 5.13 Å². The number of hydrogen-bond acceptors (Lipinski definition) is 6. The zero-order chi connectivity index (χ0) is 15.1. The lowest BCUT2D eigenvalue weighted by Crippen LogP contribution is -2.28.